The first-order chi connectivity index (χ1) is 11.7. The number of ether oxygens (including phenoxy) is 1. The van der Waals surface area contributed by atoms with Crippen LogP contribution in [0.1, 0.15) is 53.4 Å². The highest BCUT2D eigenvalue weighted by Gasteiger charge is 2.18. The molecule has 24 heavy (non-hydrogen) atoms. The van der Waals surface area contributed by atoms with Crippen LogP contribution in [0.15, 0.2) is 4.99 Å². The summed E-state index contributed by atoms with van der Waals surface area (Å²) < 4.78 is 5.65. The van der Waals surface area contributed by atoms with E-state index in [1.807, 2.05) is 0 Å². The molecule has 1 heterocycles. The van der Waals surface area contributed by atoms with Crippen LogP contribution in [-0.4, -0.2) is 63.3 Å². The van der Waals surface area contributed by atoms with Crippen LogP contribution in [0.4, 0.5) is 0 Å². The van der Waals surface area contributed by atoms with Gasteiger partial charge >= 0.3 is 0 Å². The molecule has 1 fully saturated rings. The SMILES string of the molecule is CCCN1CCC(CN=C(NCC)NCCOCCC(C)C)CC1. The Hall–Kier alpha value is -0.810. The van der Waals surface area contributed by atoms with Crippen molar-refractivity contribution < 1.29 is 4.74 Å². The van der Waals surface area contributed by atoms with E-state index in [0.717, 1.165) is 51.1 Å². The van der Waals surface area contributed by atoms with E-state index in [1.165, 1.54) is 38.9 Å². The van der Waals surface area contributed by atoms with E-state index < -0.39 is 0 Å². The number of nitrogens with one attached hydrogen (secondary N) is 2. The zero-order valence-corrected chi connectivity index (χ0v) is 16.4. The minimum Gasteiger partial charge on any atom is -0.380 e. The van der Waals surface area contributed by atoms with Crippen molar-refractivity contribution in [2.45, 2.75) is 53.4 Å². The highest BCUT2D eigenvalue weighted by Crippen LogP contribution is 2.17. The molecule has 0 aromatic rings. The molecule has 0 radical (unpaired) electrons. The van der Waals surface area contributed by atoms with Gasteiger partial charge in [-0.15, -0.1) is 0 Å². The first kappa shape index (κ1) is 21.2. The molecule has 0 unspecified atom stereocenters. The second kappa shape index (κ2) is 13.5. The van der Waals surface area contributed by atoms with Gasteiger partial charge in [-0.25, -0.2) is 0 Å². The molecule has 0 spiro atoms. The summed E-state index contributed by atoms with van der Waals surface area (Å²) in [4.78, 5) is 7.36. The Kier molecular flexibility index (Phi) is 11.9. The average Bonchev–Trinajstić information content (AvgIpc) is 2.57. The molecule has 1 saturated heterocycles. The second-order valence-corrected chi connectivity index (χ2v) is 7.23. The summed E-state index contributed by atoms with van der Waals surface area (Å²) in [6, 6.07) is 0. The van der Waals surface area contributed by atoms with E-state index in [4.69, 9.17) is 9.73 Å². The van der Waals surface area contributed by atoms with Crippen molar-refractivity contribution in [3.8, 4) is 0 Å². The van der Waals surface area contributed by atoms with Gasteiger partial charge in [-0.3, -0.25) is 4.99 Å². The summed E-state index contributed by atoms with van der Waals surface area (Å²) in [5.74, 6) is 2.37. The quantitative estimate of drug-likeness (QED) is 0.345. The van der Waals surface area contributed by atoms with Gasteiger partial charge < -0.3 is 20.3 Å². The largest absolute Gasteiger partial charge is 0.380 e. The molecular weight excluding hydrogens is 300 g/mol. The molecule has 5 heteroatoms. The van der Waals surface area contributed by atoms with Crippen molar-refractivity contribution in [2.24, 2.45) is 16.8 Å². The van der Waals surface area contributed by atoms with E-state index in [0.29, 0.717) is 5.92 Å². The molecule has 5 nitrogen and oxygen atoms in total. The Morgan fingerprint density at radius 1 is 1.17 bits per heavy atom. The predicted octanol–water partition coefficient (Wildman–Crippen LogP) is 2.73. The zero-order chi connectivity index (χ0) is 17.6. The molecular formula is C19H40N4O. The van der Waals surface area contributed by atoms with Crippen molar-refractivity contribution in [2.75, 3.05) is 52.5 Å². The fourth-order valence-electron chi connectivity index (χ4n) is 2.93. The molecule has 0 atom stereocenters. The van der Waals surface area contributed by atoms with Gasteiger partial charge in [0, 0.05) is 26.2 Å². The van der Waals surface area contributed by atoms with Crippen molar-refractivity contribution >= 4 is 5.96 Å². The Labute approximate surface area is 149 Å². The Morgan fingerprint density at radius 3 is 2.54 bits per heavy atom. The maximum absolute atomic E-state index is 5.65. The van der Waals surface area contributed by atoms with Gasteiger partial charge in [0.05, 0.1) is 6.61 Å². The van der Waals surface area contributed by atoms with Gasteiger partial charge in [-0.2, -0.15) is 0 Å². The van der Waals surface area contributed by atoms with Gasteiger partial charge in [0.15, 0.2) is 5.96 Å². The smallest absolute Gasteiger partial charge is 0.191 e. The molecule has 0 amide bonds. The summed E-state index contributed by atoms with van der Waals surface area (Å²) >= 11 is 0. The summed E-state index contributed by atoms with van der Waals surface area (Å²) in [5, 5.41) is 6.71. The highest BCUT2D eigenvalue weighted by atomic mass is 16.5. The molecule has 2 N–H and O–H groups in total. The van der Waals surface area contributed by atoms with Crippen LogP contribution >= 0.6 is 0 Å². The molecule has 1 rings (SSSR count). The molecule has 0 aliphatic carbocycles. The van der Waals surface area contributed by atoms with Crippen LogP contribution in [0.25, 0.3) is 0 Å². The fourth-order valence-corrected chi connectivity index (χ4v) is 2.93. The minimum atomic E-state index is 0.709. The van der Waals surface area contributed by atoms with Crippen molar-refractivity contribution in [3.63, 3.8) is 0 Å². The number of guanidine groups is 1. The zero-order valence-electron chi connectivity index (χ0n) is 16.4. The molecule has 0 bridgehead atoms. The summed E-state index contributed by atoms with van der Waals surface area (Å²) in [6.07, 6.45) is 4.95. The van der Waals surface area contributed by atoms with E-state index >= 15 is 0 Å². The number of rotatable bonds is 11. The summed E-state index contributed by atoms with van der Waals surface area (Å²) in [6.45, 7) is 16.8. The third kappa shape index (κ3) is 10.1. The minimum absolute atomic E-state index is 0.709. The maximum atomic E-state index is 5.65. The van der Waals surface area contributed by atoms with E-state index in [-0.39, 0.29) is 0 Å². The van der Waals surface area contributed by atoms with Gasteiger partial charge in [-0.05, 0) is 64.1 Å². The number of likely N-dealkylation sites (tertiary alicyclic amines) is 1. The average molecular weight is 341 g/mol. The maximum Gasteiger partial charge on any atom is 0.191 e. The monoisotopic (exact) mass is 340 g/mol. The lowest BCUT2D eigenvalue weighted by atomic mass is 9.97. The number of piperidine rings is 1. The van der Waals surface area contributed by atoms with Crippen molar-refractivity contribution in [1.29, 1.82) is 0 Å². The lowest BCUT2D eigenvalue weighted by Crippen LogP contribution is -2.40. The van der Waals surface area contributed by atoms with Crippen molar-refractivity contribution in [3.05, 3.63) is 0 Å². The van der Waals surface area contributed by atoms with Gasteiger partial charge in [-0.1, -0.05) is 20.8 Å². The first-order valence-corrected chi connectivity index (χ1v) is 9.97. The van der Waals surface area contributed by atoms with Crippen LogP contribution in [-0.2, 0) is 4.74 Å². The molecule has 0 aromatic carbocycles. The van der Waals surface area contributed by atoms with Crippen LogP contribution in [0, 0.1) is 11.8 Å². The predicted molar refractivity (Wildman–Crippen MR) is 104 cm³/mol. The van der Waals surface area contributed by atoms with Crippen LogP contribution < -0.4 is 10.6 Å². The van der Waals surface area contributed by atoms with Gasteiger partial charge in [0.25, 0.3) is 0 Å². The van der Waals surface area contributed by atoms with Crippen molar-refractivity contribution in [1.82, 2.24) is 15.5 Å². The lowest BCUT2D eigenvalue weighted by Gasteiger charge is -2.31. The topological polar surface area (TPSA) is 48.9 Å². The van der Waals surface area contributed by atoms with E-state index in [1.54, 1.807) is 0 Å². The third-order valence-corrected chi connectivity index (χ3v) is 4.48. The standard InChI is InChI=1S/C19H40N4O/c1-5-11-23-12-7-18(8-13-23)16-22-19(20-6-2)21-10-15-24-14-9-17(3)4/h17-18H,5-16H2,1-4H3,(H2,20,21,22). The molecule has 142 valence electrons. The molecule has 0 saturated carbocycles. The molecule has 1 aliphatic rings. The Morgan fingerprint density at radius 2 is 1.92 bits per heavy atom. The number of hydrogen-bond donors (Lipinski definition) is 2. The van der Waals surface area contributed by atoms with Crippen LogP contribution in [0.3, 0.4) is 0 Å². The second-order valence-electron chi connectivity index (χ2n) is 7.23. The fraction of sp³-hybridized carbons (Fsp3) is 0.947. The first-order valence-electron chi connectivity index (χ1n) is 9.97. The Bertz CT molecular complexity index is 325. The molecule has 0 aromatic heterocycles. The highest BCUT2D eigenvalue weighted by molar-refractivity contribution is 5.79. The van der Waals surface area contributed by atoms with Gasteiger partial charge in [0.2, 0.25) is 0 Å². The number of nitrogens with zero attached hydrogens (tertiary/aromatic N) is 2. The van der Waals surface area contributed by atoms with Crippen LogP contribution in [0.2, 0.25) is 0 Å². The normalized spacial score (nSPS) is 17.5. The van der Waals surface area contributed by atoms with Crippen LogP contribution in [0.5, 0.6) is 0 Å². The van der Waals surface area contributed by atoms with E-state index in [2.05, 4.69) is 43.2 Å². The number of hydrogen-bond acceptors (Lipinski definition) is 3. The Balaban J connectivity index is 2.20. The summed E-state index contributed by atoms with van der Waals surface area (Å²) in [7, 11) is 0. The summed E-state index contributed by atoms with van der Waals surface area (Å²) in [5.41, 5.74) is 0. The molecule has 1 aliphatic heterocycles. The third-order valence-electron chi connectivity index (χ3n) is 4.48. The number of aliphatic imine (C=N–C) groups is 1. The van der Waals surface area contributed by atoms with E-state index in [9.17, 15) is 0 Å². The van der Waals surface area contributed by atoms with Gasteiger partial charge in [0.1, 0.15) is 0 Å². The lowest BCUT2D eigenvalue weighted by molar-refractivity contribution is 0.128.